The molecule has 12 heteroatoms. The van der Waals surface area contributed by atoms with Gasteiger partial charge >= 0.3 is 0 Å². The molecule has 0 aliphatic carbocycles. The van der Waals surface area contributed by atoms with E-state index in [1.54, 1.807) is 17.4 Å². The number of nitrogens with one attached hydrogen (secondary N) is 2. The van der Waals surface area contributed by atoms with Crippen LogP contribution in [0.4, 0.5) is 5.69 Å². The van der Waals surface area contributed by atoms with Gasteiger partial charge in [0.25, 0.3) is 12.4 Å². The molecule has 0 bridgehead atoms. The van der Waals surface area contributed by atoms with Crippen molar-refractivity contribution in [3.63, 3.8) is 0 Å². The number of aryl methyl sites for hydroxylation is 1. The summed E-state index contributed by atoms with van der Waals surface area (Å²) in [5, 5.41) is 46.6. The van der Waals surface area contributed by atoms with E-state index >= 15 is 0 Å². The fraction of sp³-hybridized carbons (Fsp3) is 0.351. The number of anilines is 1. The van der Waals surface area contributed by atoms with Crippen LogP contribution >= 0.6 is 11.3 Å². The van der Waals surface area contributed by atoms with Crippen molar-refractivity contribution in [3.8, 4) is 23.0 Å². The molecule has 1 amide bonds. The molecule has 6 N–H and O–H groups in total. The Morgan fingerprint density at radius 3 is 2.49 bits per heavy atom. The fourth-order valence-corrected chi connectivity index (χ4v) is 7.40. The van der Waals surface area contributed by atoms with Crippen LogP contribution in [0, 0.1) is 0 Å². The van der Waals surface area contributed by atoms with Crippen molar-refractivity contribution in [1.82, 2.24) is 10.2 Å². The highest BCUT2D eigenvalue weighted by molar-refractivity contribution is 7.10. The number of rotatable bonds is 12. The van der Waals surface area contributed by atoms with Gasteiger partial charge in [-0.25, -0.2) is 0 Å². The maximum Gasteiger partial charge on any atom is 0.290 e. The van der Waals surface area contributed by atoms with E-state index in [4.69, 9.17) is 19.4 Å². The molecule has 2 aliphatic heterocycles. The van der Waals surface area contributed by atoms with Gasteiger partial charge in [-0.1, -0.05) is 30.3 Å². The van der Waals surface area contributed by atoms with Crippen molar-refractivity contribution < 1.29 is 39.5 Å². The number of hydrogen-bond acceptors (Lipinski definition) is 10. The summed E-state index contributed by atoms with van der Waals surface area (Å²) in [5.41, 5.74) is 3.83. The number of fused-ring (bicyclic) bond motifs is 1. The molecule has 0 spiro atoms. The average molecular weight is 690 g/mol. The molecule has 6 rings (SSSR count). The van der Waals surface area contributed by atoms with Crippen LogP contribution in [0.25, 0.3) is 0 Å². The van der Waals surface area contributed by atoms with Crippen molar-refractivity contribution in [2.24, 2.45) is 0 Å². The molecule has 1 atom stereocenters. The zero-order valence-corrected chi connectivity index (χ0v) is 28.2. The fourth-order valence-electron chi connectivity index (χ4n) is 6.39. The summed E-state index contributed by atoms with van der Waals surface area (Å²) < 4.78 is 11.5. The van der Waals surface area contributed by atoms with Crippen LogP contribution in [0.15, 0.2) is 72.1 Å². The molecule has 1 fully saturated rings. The Bertz CT molecular complexity index is 1690. The number of ether oxygens (including phenoxy) is 2. The first-order chi connectivity index (χ1) is 23.7. The number of phenolic OH excluding ortho intramolecular Hbond substituents is 2. The number of thiophene rings is 1. The molecule has 1 aromatic heterocycles. The number of carboxylic acid groups (broad SMARTS) is 1. The molecule has 4 aromatic rings. The van der Waals surface area contributed by atoms with Crippen LogP contribution < -0.4 is 20.1 Å². The van der Waals surface area contributed by atoms with E-state index in [-0.39, 0.29) is 42.4 Å². The van der Waals surface area contributed by atoms with Gasteiger partial charge in [-0.2, -0.15) is 0 Å². The normalized spacial score (nSPS) is 15.9. The lowest BCUT2D eigenvalue weighted by molar-refractivity contribution is -0.123. The summed E-state index contributed by atoms with van der Waals surface area (Å²) in [6.07, 6.45) is 2.81. The molecule has 11 nitrogen and oxygen atoms in total. The Balaban J connectivity index is 0.00000151. The van der Waals surface area contributed by atoms with E-state index in [1.165, 1.54) is 16.5 Å². The smallest absolute Gasteiger partial charge is 0.290 e. The quantitative estimate of drug-likeness (QED) is 0.0676. The molecule has 3 heterocycles. The largest absolute Gasteiger partial charge is 0.508 e. The standard InChI is InChI=1S/C36H41N3O6S.CH2O2/c1-39-16-14-36(15-17-39,32-5-3-19-46-32)28-20-24(8-12-29(28)40)4-2-18-44-26-9-6-25(7-10-26)21-37-22-31(42)27-11-13-30(41)34-35(27)45-23-33(43)38-34;2-1-3/h3,5-13,19-20,31,37,40-42H,2,4,14-18,21-23H2,1H3,(H,38,43);1H,(H,2,3)/t31-;/m0./s1. The molecule has 2 aliphatic rings. The molecular formula is C37H43N3O8S. The lowest BCUT2D eigenvalue weighted by Crippen LogP contribution is -2.41. The summed E-state index contributed by atoms with van der Waals surface area (Å²) in [4.78, 5) is 23.7. The van der Waals surface area contributed by atoms with Crippen LogP contribution in [0.2, 0.25) is 0 Å². The van der Waals surface area contributed by atoms with E-state index in [0.717, 1.165) is 55.6 Å². The number of aliphatic hydroxyl groups excluding tert-OH is 1. The van der Waals surface area contributed by atoms with Gasteiger partial charge in [0, 0.05) is 34.5 Å². The molecule has 3 aromatic carbocycles. The van der Waals surface area contributed by atoms with E-state index in [9.17, 15) is 20.1 Å². The van der Waals surface area contributed by atoms with Crippen LogP contribution in [-0.4, -0.2) is 77.6 Å². The number of nitrogens with zero attached hydrogens (tertiary/aromatic N) is 1. The monoisotopic (exact) mass is 689 g/mol. The molecule has 49 heavy (non-hydrogen) atoms. The van der Waals surface area contributed by atoms with Gasteiger partial charge in [-0.15, -0.1) is 11.3 Å². The molecule has 1 saturated heterocycles. The summed E-state index contributed by atoms with van der Waals surface area (Å²) in [7, 11) is 2.16. The second kappa shape index (κ2) is 16.7. The minimum absolute atomic E-state index is 0.102. The Hall–Kier alpha value is -4.62. The lowest BCUT2D eigenvalue weighted by atomic mass is 9.71. The second-order valence-electron chi connectivity index (χ2n) is 12.3. The highest BCUT2D eigenvalue weighted by atomic mass is 32.1. The SMILES string of the molecule is CN1CCC(c2cccs2)(c2cc(CCCOc3ccc(CNC[C@H](O)c4ccc(O)c5c4OCC(=O)N5)cc3)ccc2O)CC1.O=CO. The summed E-state index contributed by atoms with van der Waals surface area (Å²) in [6.45, 7) is 2.99. The minimum Gasteiger partial charge on any atom is -0.508 e. The number of piperidine rings is 1. The average Bonchev–Trinajstić information content (AvgIpc) is 3.65. The van der Waals surface area contributed by atoms with Gasteiger partial charge in [-0.3, -0.25) is 9.59 Å². The molecular weight excluding hydrogens is 646 g/mol. The van der Waals surface area contributed by atoms with E-state index in [1.807, 2.05) is 36.4 Å². The van der Waals surface area contributed by atoms with Crippen molar-refractivity contribution in [2.75, 3.05) is 45.2 Å². The second-order valence-corrected chi connectivity index (χ2v) is 13.2. The first-order valence-electron chi connectivity index (χ1n) is 16.3. The van der Waals surface area contributed by atoms with Crippen molar-refractivity contribution in [3.05, 3.63) is 99.2 Å². The highest BCUT2D eigenvalue weighted by Crippen LogP contribution is 2.47. The van der Waals surface area contributed by atoms with Crippen molar-refractivity contribution in [2.45, 2.75) is 43.7 Å². The van der Waals surface area contributed by atoms with Gasteiger partial charge < -0.3 is 45.4 Å². The number of aliphatic hydroxyl groups is 1. The number of carbonyl (C=O) groups is 2. The van der Waals surface area contributed by atoms with E-state index in [0.29, 0.717) is 30.2 Å². The maximum atomic E-state index is 11.6. The van der Waals surface area contributed by atoms with Gasteiger partial charge in [0.05, 0.1) is 12.7 Å². The number of likely N-dealkylation sites (tertiary alicyclic amines) is 1. The Labute approximate surface area is 289 Å². The highest BCUT2D eigenvalue weighted by Gasteiger charge is 2.40. The zero-order valence-electron chi connectivity index (χ0n) is 27.4. The van der Waals surface area contributed by atoms with Crippen LogP contribution in [0.5, 0.6) is 23.0 Å². The third-order valence-corrected chi connectivity index (χ3v) is 10.1. The predicted molar refractivity (Wildman–Crippen MR) is 188 cm³/mol. The van der Waals surface area contributed by atoms with E-state index < -0.39 is 6.10 Å². The van der Waals surface area contributed by atoms with Crippen LogP contribution in [-0.2, 0) is 28.0 Å². The van der Waals surface area contributed by atoms with Crippen LogP contribution in [0.3, 0.4) is 0 Å². The Morgan fingerprint density at radius 2 is 1.78 bits per heavy atom. The number of hydrogen-bond donors (Lipinski definition) is 6. The van der Waals surface area contributed by atoms with Gasteiger partial charge in [0.2, 0.25) is 0 Å². The summed E-state index contributed by atoms with van der Waals surface area (Å²) in [6, 6.07) is 21.3. The van der Waals surface area contributed by atoms with Crippen molar-refractivity contribution >= 4 is 29.4 Å². The topological polar surface area (TPSA) is 161 Å². The van der Waals surface area contributed by atoms with Crippen LogP contribution in [0.1, 0.15) is 52.5 Å². The number of benzene rings is 3. The minimum atomic E-state index is -0.887. The third-order valence-electron chi connectivity index (χ3n) is 9.02. The molecule has 0 saturated carbocycles. The van der Waals surface area contributed by atoms with Gasteiger partial charge in [0.1, 0.15) is 22.9 Å². The van der Waals surface area contributed by atoms with Gasteiger partial charge in [-0.05, 0) is 98.7 Å². The number of carbonyl (C=O) groups excluding carboxylic acids is 1. The maximum absolute atomic E-state index is 11.6. The number of phenols is 2. The zero-order chi connectivity index (χ0) is 34.8. The Morgan fingerprint density at radius 1 is 1.06 bits per heavy atom. The first kappa shape index (κ1) is 35.7. The third kappa shape index (κ3) is 8.70. The number of amides is 1. The molecule has 260 valence electrons. The van der Waals surface area contributed by atoms with Gasteiger partial charge in [0.15, 0.2) is 12.4 Å². The predicted octanol–water partition coefficient (Wildman–Crippen LogP) is 5.04. The molecule has 0 unspecified atom stereocenters. The Kier molecular flexibility index (Phi) is 12.1. The first-order valence-corrected chi connectivity index (χ1v) is 17.1. The van der Waals surface area contributed by atoms with Crippen molar-refractivity contribution in [1.29, 1.82) is 0 Å². The molecule has 0 radical (unpaired) electrons. The van der Waals surface area contributed by atoms with E-state index in [2.05, 4.69) is 46.2 Å². The summed E-state index contributed by atoms with van der Waals surface area (Å²) >= 11 is 1.78. The lowest BCUT2D eigenvalue weighted by Gasteiger charge is -2.41. The number of aromatic hydroxyl groups is 2. The summed E-state index contributed by atoms with van der Waals surface area (Å²) in [5.74, 6) is 1.02.